The normalized spacial score (nSPS) is 20.7. The molecule has 1 aromatic rings. The Labute approximate surface area is 169 Å². The quantitative estimate of drug-likeness (QED) is 0.768. The van der Waals surface area contributed by atoms with Gasteiger partial charge in [0.1, 0.15) is 0 Å². The van der Waals surface area contributed by atoms with Gasteiger partial charge in [0.2, 0.25) is 15.9 Å². The number of aryl methyl sites for hydroxylation is 2. The fraction of sp³-hybridized carbons (Fsp3) is 0.667. The highest BCUT2D eigenvalue weighted by atomic mass is 32.2. The predicted octanol–water partition coefficient (Wildman–Crippen LogP) is 2.26. The third-order valence-electron chi connectivity index (χ3n) is 6.11. The summed E-state index contributed by atoms with van der Waals surface area (Å²) in [5.74, 6) is 0.142. The largest absolute Gasteiger partial charge is 0.340 e. The second-order valence-corrected chi connectivity index (χ2v) is 10.3. The van der Waals surface area contributed by atoms with Crippen LogP contribution in [0.25, 0.3) is 0 Å². The summed E-state index contributed by atoms with van der Waals surface area (Å²) < 4.78 is 27.6. The van der Waals surface area contributed by atoms with Crippen LogP contribution in [-0.4, -0.2) is 73.7 Å². The van der Waals surface area contributed by atoms with E-state index in [1.165, 1.54) is 0 Å². The SMILES string of the molecule is Cc1ccc(S(=O)(=O)N2CCC(C(=O)N3CCN(C(C)C)CC3)CC2)c(C)c1. The molecule has 0 saturated carbocycles. The van der Waals surface area contributed by atoms with Crippen LogP contribution in [0, 0.1) is 19.8 Å². The molecule has 0 unspecified atom stereocenters. The van der Waals surface area contributed by atoms with E-state index in [1.54, 1.807) is 10.4 Å². The van der Waals surface area contributed by atoms with Crippen molar-refractivity contribution in [3.63, 3.8) is 0 Å². The van der Waals surface area contributed by atoms with Gasteiger partial charge in [-0.2, -0.15) is 4.31 Å². The van der Waals surface area contributed by atoms with E-state index < -0.39 is 10.0 Å². The van der Waals surface area contributed by atoms with E-state index in [2.05, 4.69) is 18.7 Å². The molecule has 0 aliphatic carbocycles. The van der Waals surface area contributed by atoms with Gasteiger partial charge in [0.15, 0.2) is 0 Å². The molecule has 2 aliphatic heterocycles. The van der Waals surface area contributed by atoms with E-state index in [4.69, 9.17) is 0 Å². The first-order valence-electron chi connectivity index (χ1n) is 10.3. The fourth-order valence-corrected chi connectivity index (χ4v) is 5.96. The topological polar surface area (TPSA) is 60.9 Å². The highest BCUT2D eigenvalue weighted by Crippen LogP contribution is 2.27. The Bertz CT molecular complexity index is 806. The Morgan fingerprint density at radius 1 is 1.00 bits per heavy atom. The maximum absolute atomic E-state index is 13.0. The van der Waals surface area contributed by atoms with Crippen molar-refractivity contribution < 1.29 is 13.2 Å². The predicted molar refractivity (Wildman–Crippen MR) is 111 cm³/mol. The van der Waals surface area contributed by atoms with Crippen LogP contribution < -0.4 is 0 Å². The van der Waals surface area contributed by atoms with Gasteiger partial charge in [0, 0.05) is 51.2 Å². The highest BCUT2D eigenvalue weighted by molar-refractivity contribution is 7.89. The summed E-state index contributed by atoms with van der Waals surface area (Å²) in [5, 5.41) is 0. The van der Waals surface area contributed by atoms with Gasteiger partial charge in [0.05, 0.1) is 4.90 Å². The van der Waals surface area contributed by atoms with Crippen LogP contribution in [0.1, 0.15) is 37.8 Å². The number of carbonyl (C=O) groups is 1. The van der Waals surface area contributed by atoms with Crippen molar-refractivity contribution >= 4 is 15.9 Å². The maximum atomic E-state index is 13.0. The minimum Gasteiger partial charge on any atom is -0.340 e. The zero-order chi connectivity index (χ0) is 20.5. The number of hydrogen-bond donors (Lipinski definition) is 0. The Morgan fingerprint density at radius 3 is 2.14 bits per heavy atom. The number of rotatable bonds is 4. The van der Waals surface area contributed by atoms with Gasteiger partial charge < -0.3 is 4.90 Å². The molecule has 1 aromatic carbocycles. The van der Waals surface area contributed by atoms with Crippen molar-refractivity contribution in [1.29, 1.82) is 0 Å². The summed E-state index contributed by atoms with van der Waals surface area (Å²) in [5.41, 5.74) is 1.83. The lowest BCUT2D eigenvalue weighted by molar-refractivity contribution is -0.138. The van der Waals surface area contributed by atoms with Gasteiger partial charge in [-0.05, 0) is 52.2 Å². The lowest BCUT2D eigenvalue weighted by Gasteiger charge is -2.39. The van der Waals surface area contributed by atoms with E-state index in [1.807, 2.05) is 30.9 Å². The van der Waals surface area contributed by atoms with Crippen molar-refractivity contribution in [2.75, 3.05) is 39.3 Å². The van der Waals surface area contributed by atoms with E-state index in [0.717, 1.165) is 37.3 Å². The van der Waals surface area contributed by atoms with E-state index >= 15 is 0 Å². The molecule has 0 radical (unpaired) electrons. The van der Waals surface area contributed by atoms with Gasteiger partial charge in [0.25, 0.3) is 0 Å². The molecule has 7 heteroatoms. The Hall–Kier alpha value is -1.44. The smallest absolute Gasteiger partial charge is 0.243 e. The molecule has 2 heterocycles. The monoisotopic (exact) mass is 407 g/mol. The third kappa shape index (κ3) is 4.42. The van der Waals surface area contributed by atoms with Crippen LogP contribution in [0.3, 0.4) is 0 Å². The number of piperidine rings is 1. The average molecular weight is 408 g/mol. The van der Waals surface area contributed by atoms with Crippen LogP contribution in [0.15, 0.2) is 23.1 Å². The first-order chi connectivity index (χ1) is 13.2. The van der Waals surface area contributed by atoms with Gasteiger partial charge in [-0.1, -0.05) is 17.7 Å². The molecule has 2 aliphatic rings. The Balaban J connectivity index is 1.59. The molecule has 156 valence electrons. The molecule has 3 rings (SSSR count). The van der Waals surface area contributed by atoms with Crippen LogP contribution >= 0.6 is 0 Å². The zero-order valence-electron chi connectivity index (χ0n) is 17.5. The Kier molecular flexibility index (Phi) is 6.47. The zero-order valence-corrected chi connectivity index (χ0v) is 18.3. The van der Waals surface area contributed by atoms with Crippen molar-refractivity contribution in [3.8, 4) is 0 Å². The summed E-state index contributed by atoms with van der Waals surface area (Å²) in [7, 11) is -3.50. The first kappa shape index (κ1) is 21.3. The number of carbonyl (C=O) groups excluding carboxylic acids is 1. The lowest BCUT2D eigenvalue weighted by Crippen LogP contribution is -2.53. The van der Waals surface area contributed by atoms with E-state index in [0.29, 0.717) is 36.9 Å². The maximum Gasteiger partial charge on any atom is 0.243 e. The van der Waals surface area contributed by atoms with Gasteiger partial charge in [-0.15, -0.1) is 0 Å². The molecular weight excluding hydrogens is 374 g/mol. The summed E-state index contributed by atoms with van der Waals surface area (Å²) >= 11 is 0. The summed E-state index contributed by atoms with van der Waals surface area (Å²) in [6.07, 6.45) is 1.21. The van der Waals surface area contributed by atoms with Crippen LogP contribution in [0.4, 0.5) is 0 Å². The van der Waals surface area contributed by atoms with Crippen molar-refractivity contribution in [2.45, 2.75) is 51.5 Å². The number of amides is 1. The lowest BCUT2D eigenvalue weighted by atomic mass is 9.96. The minimum atomic E-state index is -3.50. The van der Waals surface area contributed by atoms with Gasteiger partial charge in [-0.3, -0.25) is 9.69 Å². The van der Waals surface area contributed by atoms with Crippen LogP contribution in [0.2, 0.25) is 0 Å². The number of hydrogen-bond acceptors (Lipinski definition) is 4. The molecule has 0 atom stereocenters. The van der Waals surface area contributed by atoms with Crippen LogP contribution in [0.5, 0.6) is 0 Å². The summed E-state index contributed by atoms with van der Waals surface area (Å²) in [4.78, 5) is 17.6. The highest BCUT2D eigenvalue weighted by Gasteiger charge is 2.35. The number of sulfonamides is 1. The molecule has 0 aromatic heterocycles. The molecule has 28 heavy (non-hydrogen) atoms. The van der Waals surface area contributed by atoms with E-state index in [9.17, 15) is 13.2 Å². The standard InChI is InChI=1S/C21H33N3O3S/c1-16(2)22-11-13-23(14-12-22)21(25)19-7-9-24(10-8-19)28(26,27)20-6-5-17(3)15-18(20)4/h5-6,15-16,19H,7-14H2,1-4H3. The first-order valence-corrected chi connectivity index (χ1v) is 11.7. The third-order valence-corrected chi connectivity index (χ3v) is 8.17. The molecule has 2 saturated heterocycles. The number of nitrogens with zero attached hydrogens (tertiary/aromatic N) is 3. The molecule has 2 fully saturated rings. The second-order valence-electron chi connectivity index (χ2n) is 8.40. The minimum absolute atomic E-state index is 0.0591. The fourth-order valence-electron chi connectivity index (χ4n) is 4.29. The molecular formula is C21H33N3O3S. The van der Waals surface area contributed by atoms with Crippen molar-refractivity contribution in [2.24, 2.45) is 5.92 Å². The van der Waals surface area contributed by atoms with Gasteiger partial charge in [-0.25, -0.2) is 8.42 Å². The van der Waals surface area contributed by atoms with Crippen molar-refractivity contribution in [1.82, 2.24) is 14.1 Å². The molecule has 0 bridgehead atoms. The number of benzene rings is 1. The second kappa shape index (κ2) is 8.51. The summed E-state index contributed by atoms with van der Waals surface area (Å²) in [6.45, 7) is 12.4. The van der Waals surface area contributed by atoms with Gasteiger partial charge >= 0.3 is 0 Å². The molecule has 0 N–H and O–H groups in total. The average Bonchev–Trinajstić information content (AvgIpc) is 2.67. The Morgan fingerprint density at radius 2 is 1.61 bits per heavy atom. The molecule has 0 spiro atoms. The van der Waals surface area contributed by atoms with E-state index in [-0.39, 0.29) is 11.8 Å². The molecule has 6 nitrogen and oxygen atoms in total. The number of piperazine rings is 1. The summed E-state index contributed by atoms with van der Waals surface area (Å²) in [6, 6.07) is 5.95. The van der Waals surface area contributed by atoms with Crippen molar-refractivity contribution in [3.05, 3.63) is 29.3 Å². The van der Waals surface area contributed by atoms with Crippen LogP contribution in [-0.2, 0) is 14.8 Å². The molecule has 1 amide bonds.